The van der Waals surface area contributed by atoms with Crippen molar-refractivity contribution in [1.82, 2.24) is 15.4 Å². The molecule has 104 valence electrons. The normalized spacial score (nSPS) is 28.3. The third kappa shape index (κ3) is 1.96. The summed E-state index contributed by atoms with van der Waals surface area (Å²) in [5.74, 6) is 0.248. The summed E-state index contributed by atoms with van der Waals surface area (Å²) in [7, 11) is 1.86. The minimum absolute atomic E-state index is 0.173. The van der Waals surface area contributed by atoms with Crippen LogP contribution in [0.2, 0.25) is 0 Å². The second kappa shape index (κ2) is 4.34. The van der Waals surface area contributed by atoms with Crippen molar-refractivity contribution in [2.75, 3.05) is 20.1 Å². The number of hydrogen-bond acceptors (Lipinski definition) is 4. The molecule has 2 heterocycles. The monoisotopic (exact) mass is 263 g/mol. The van der Waals surface area contributed by atoms with Crippen LogP contribution in [0.25, 0.3) is 0 Å². The molecule has 1 saturated carbocycles. The second-order valence-electron chi connectivity index (χ2n) is 6.19. The summed E-state index contributed by atoms with van der Waals surface area (Å²) in [6.07, 6.45) is 4.81. The molecule has 1 aliphatic heterocycles. The van der Waals surface area contributed by atoms with E-state index in [4.69, 9.17) is 4.52 Å². The lowest BCUT2D eigenvalue weighted by Crippen LogP contribution is -2.39. The molecule has 0 radical (unpaired) electrons. The second-order valence-corrected chi connectivity index (χ2v) is 6.19. The number of aromatic nitrogens is 1. The van der Waals surface area contributed by atoms with Gasteiger partial charge >= 0.3 is 0 Å². The van der Waals surface area contributed by atoms with Gasteiger partial charge in [0.15, 0.2) is 0 Å². The lowest BCUT2D eigenvalue weighted by molar-refractivity contribution is -0.137. The van der Waals surface area contributed by atoms with E-state index in [0.717, 1.165) is 38.0 Å². The lowest BCUT2D eigenvalue weighted by Gasteiger charge is -2.29. The molecule has 5 nitrogen and oxygen atoms in total. The predicted molar refractivity (Wildman–Crippen MR) is 70.2 cm³/mol. The van der Waals surface area contributed by atoms with Gasteiger partial charge in [0.1, 0.15) is 12.0 Å². The van der Waals surface area contributed by atoms with E-state index < -0.39 is 0 Å². The number of nitrogens with one attached hydrogen (secondary N) is 1. The van der Waals surface area contributed by atoms with Gasteiger partial charge in [0, 0.05) is 13.1 Å². The van der Waals surface area contributed by atoms with Crippen LogP contribution < -0.4 is 5.32 Å². The first-order valence-electron chi connectivity index (χ1n) is 6.93. The predicted octanol–water partition coefficient (Wildman–Crippen LogP) is 1.41. The first kappa shape index (κ1) is 12.7. The molecule has 19 heavy (non-hydrogen) atoms. The Morgan fingerprint density at radius 3 is 2.89 bits per heavy atom. The minimum atomic E-state index is -0.173. The van der Waals surface area contributed by atoms with Gasteiger partial charge in [-0.05, 0) is 37.8 Å². The van der Waals surface area contributed by atoms with E-state index in [-0.39, 0.29) is 16.7 Å². The highest BCUT2D eigenvalue weighted by atomic mass is 16.5. The summed E-state index contributed by atoms with van der Waals surface area (Å²) in [4.78, 5) is 14.5. The Hall–Kier alpha value is -1.36. The van der Waals surface area contributed by atoms with Gasteiger partial charge in [0.25, 0.3) is 0 Å². The van der Waals surface area contributed by atoms with Crippen LogP contribution in [0, 0.1) is 10.8 Å². The quantitative estimate of drug-likeness (QED) is 0.896. The Morgan fingerprint density at radius 1 is 1.53 bits per heavy atom. The first-order valence-corrected chi connectivity index (χ1v) is 6.93. The SMILES string of the molecule is CN(Cc1ccon1)C(=O)C1(C)CC12CCNCC2. The molecule has 1 aromatic rings. The largest absolute Gasteiger partial charge is 0.364 e. The van der Waals surface area contributed by atoms with E-state index in [9.17, 15) is 4.79 Å². The van der Waals surface area contributed by atoms with Crippen molar-refractivity contribution < 1.29 is 9.32 Å². The zero-order valence-electron chi connectivity index (χ0n) is 11.6. The van der Waals surface area contributed by atoms with E-state index in [2.05, 4.69) is 17.4 Å². The van der Waals surface area contributed by atoms with Crippen LogP contribution in [-0.4, -0.2) is 36.1 Å². The van der Waals surface area contributed by atoms with E-state index in [1.807, 2.05) is 7.05 Å². The smallest absolute Gasteiger partial charge is 0.229 e. The van der Waals surface area contributed by atoms with Crippen LogP contribution in [0.15, 0.2) is 16.9 Å². The molecule has 0 aromatic carbocycles. The standard InChI is InChI=1S/C14H21N3O2/c1-13(10-14(13)4-6-15-7-5-14)12(18)17(2)9-11-3-8-19-16-11/h3,8,15H,4-7,9-10H2,1-2H3. The van der Waals surface area contributed by atoms with E-state index in [1.165, 1.54) is 0 Å². The zero-order valence-corrected chi connectivity index (χ0v) is 11.6. The Morgan fingerprint density at radius 2 is 2.26 bits per heavy atom. The van der Waals surface area contributed by atoms with Gasteiger partial charge in [0.05, 0.1) is 12.0 Å². The summed E-state index contributed by atoms with van der Waals surface area (Å²) in [6, 6.07) is 1.80. The summed E-state index contributed by atoms with van der Waals surface area (Å²) < 4.78 is 4.81. The van der Waals surface area contributed by atoms with Crippen molar-refractivity contribution in [1.29, 1.82) is 0 Å². The number of carbonyl (C=O) groups excluding carboxylic acids is 1. The van der Waals surface area contributed by atoms with Crippen molar-refractivity contribution in [3.8, 4) is 0 Å². The van der Waals surface area contributed by atoms with Gasteiger partial charge in [-0.3, -0.25) is 4.79 Å². The van der Waals surface area contributed by atoms with Crippen molar-refractivity contribution in [2.24, 2.45) is 10.8 Å². The van der Waals surface area contributed by atoms with Crippen molar-refractivity contribution in [3.05, 3.63) is 18.0 Å². The Balaban J connectivity index is 1.67. The third-order valence-electron chi connectivity index (χ3n) is 5.01. The molecule has 0 bridgehead atoms. The molecule has 1 aliphatic carbocycles. The maximum atomic E-state index is 12.7. The highest BCUT2D eigenvalue weighted by Crippen LogP contribution is 2.68. The lowest BCUT2D eigenvalue weighted by atomic mass is 9.85. The Kier molecular flexibility index (Phi) is 2.89. The molecule has 1 N–H and O–H groups in total. The molecule has 2 fully saturated rings. The van der Waals surface area contributed by atoms with Crippen LogP contribution in [0.5, 0.6) is 0 Å². The van der Waals surface area contributed by atoms with Gasteiger partial charge in [-0.15, -0.1) is 0 Å². The number of nitrogens with zero attached hydrogens (tertiary/aromatic N) is 2. The Bertz CT molecular complexity index is 465. The van der Waals surface area contributed by atoms with E-state index in [0.29, 0.717) is 6.54 Å². The van der Waals surface area contributed by atoms with Crippen LogP contribution in [-0.2, 0) is 11.3 Å². The van der Waals surface area contributed by atoms with E-state index in [1.54, 1.807) is 17.2 Å². The van der Waals surface area contributed by atoms with Crippen molar-refractivity contribution in [3.63, 3.8) is 0 Å². The number of rotatable bonds is 3. The Labute approximate surface area is 113 Å². The van der Waals surface area contributed by atoms with E-state index >= 15 is 0 Å². The molecule has 1 atom stereocenters. The minimum Gasteiger partial charge on any atom is -0.364 e. The summed E-state index contributed by atoms with van der Waals surface area (Å²) >= 11 is 0. The molecule has 1 spiro atoms. The maximum absolute atomic E-state index is 12.7. The first-order chi connectivity index (χ1) is 9.07. The van der Waals surface area contributed by atoms with Crippen LogP contribution >= 0.6 is 0 Å². The average Bonchev–Trinajstić information content (AvgIpc) is 2.81. The van der Waals surface area contributed by atoms with Gasteiger partial charge < -0.3 is 14.7 Å². The molecular formula is C14H21N3O2. The fraction of sp³-hybridized carbons (Fsp3) is 0.714. The summed E-state index contributed by atoms with van der Waals surface area (Å²) in [6.45, 7) is 4.73. The zero-order chi connectivity index (χ0) is 13.5. The topological polar surface area (TPSA) is 58.4 Å². The molecule has 1 amide bonds. The summed E-state index contributed by atoms with van der Waals surface area (Å²) in [5.41, 5.74) is 0.875. The third-order valence-corrected chi connectivity index (χ3v) is 5.01. The molecular weight excluding hydrogens is 242 g/mol. The molecule has 1 saturated heterocycles. The highest BCUT2D eigenvalue weighted by molar-refractivity contribution is 5.86. The molecule has 3 rings (SSSR count). The van der Waals surface area contributed by atoms with Crippen molar-refractivity contribution >= 4 is 5.91 Å². The fourth-order valence-corrected chi connectivity index (χ4v) is 3.62. The summed E-state index contributed by atoms with van der Waals surface area (Å²) in [5, 5.41) is 7.24. The maximum Gasteiger partial charge on any atom is 0.229 e. The molecule has 1 unspecified atom stereocenters. The van der Waals surface area contributed by atoms with Gasteiger partial charge in [-0.25, -0.2) is 0 Å². The molecule has 1 aromatic heterocycles. The highest BCUT2D eigenvalue weighted by Gasteiger charge is 2.68. The van der Waals surface area contributed by atoms with Crippen LogP contribution in [0.3, 0.4) is 0 Å². The number of hydrogen-bond donors (Lipinski definition) is 1. The molecule has 2 aliphatic rings. The number of piperidine rings is 1. The number of carbonyl (C=O) groups is 1. The number of amides is 1. The van der Waals surface area contributed by atoms with Gasteiger partial charge in [-0.2, -0.15) is 0 Å². The van der Waals surface area contributed by atoms with Crippen LogP contribution in [0.4, 0.5) is 0 Å². The van der Waals surface area contributed by atoms with Gasteiger partial charge in [0.2, 0.25) is 5.91 Å². The van der Waals surface area contributed by atoms with Crippen LogP contribution in [0.1, 0.15) is 31.9 Å². The average molecular weight is 263 g/mol. The fourth-order valence-electron chi connectivity index (χ4n) is 3.62. The van der Waals surface area contributed by atoms with Crippen molar-refractivity contribution in [2.45, 2.75) is 32.7 Å². The van der Waals surface area contributed by atoms with Gasteiger partial charge in [-0.1, -0.05) is 12.1 Å². The molecule has 5 heteroatoms.